The van der Waals surface area contributed by atoms with Gasteiger partial charge in [0.2, 0.25) is 0 Å². The molecule has 1 fully saturated rings. The van der Waals surface area contributed by atoms with Gasteiger partial charge in [-0.25, -0.2) is 0 Å². The van der Waals surface area contributed by atoms with Crippen molar-refractivity contribution in [2.45, 2.75) is 12.5 Å². The van der Waals surface area contributed by atoms with E-state index < -0.39 is 0 Å². The van der Waals surface area contributed by atoms with E-state index in [0.717, 1.165) is 31.9 Å². The van der Waals surface area contributed by atoms with Crippen molar-refractivity contribution in [3.8, 4) is 5.75 Å². The van der Waals surface area contributed by atoms with E-state index in [4.69, 9.17) is 4.74 Å². The minimum absolute atomic E-state index is 0.480. The maximum Gasteiger partial charge on any atom is 0.142 e. The van der Waals surface area contributed by atoms with E-state index in [9.17, 15) is 0 Å². The van der Waals surface area contributed by atoms with Crippen LogP contribution in [0.15, 0.2) is 24.3 Å². The summed E-state index contributed by atoms with van der Waals surface area (Å²) in [5, 5.41) is 3.53. The molecule has 2 rings (SSSR count). The zero-order chi connectivity index (χ0) is 13.7. The molecule has 1 aliphatic heterocycles. The Labute approximate surface area is 116 Å². The molecule has 0 amide bonds. The molecule has 0 spiro atoms. The lowest BCUT2D eigenvalue weighted by atomic mass is 10.1. The number of rotatable bonds is 4. The van der Waals surface area contributed by atoms with E-state index in [0.29, 0.717) is 6.04 Å². The second kappa shape index (κ2) is 6.78. The Morgan fingerprint density at radius 3 is 2.89 bits per heavy atom. The smallest absolute Gasteiger partial charge is 0.142 e. The van der Waals surface area contributed by atoms with E-state index in [2.05, 4.69) is 41.3 Å². The largest absolute Gasteiger partial charge is 0.495 e. The van der Waals surface area contributed by atoms with E-state index in [1.807, 2.05) is 12.1 Å². The number of hydrogen-bond donors (Lipinski definition) is 1. The summed E-state index contributed by atoms with van der Waals surface area (Å²) in [5.41, 5.74) is 1.21. The molecule has 19 heavy (non-hydrogen) atoms. The molecule has 1 heterocycles. The summed E-state index contributed by atoms with van der Waals surface area (Å²) in [4.78, 5) is 4.74. The summed E-state index contributed by atoms with van der Waals surface area (Å²) in [6.45, 7) is 4.24. The Morgan fingerprint density at radius 2 is 2.16 bits per heavy atom. The first-order valence-corrected chi connectivity index (χ1v) is 6.97. The molecule has 0 aromatic heterocycles. The molecule has 1 aromatic rings. The van der Waals surface area contributed by atoms with Crippen LogP contribution < -0.4 is 15.0 Å². The third-order valence-corrected chi connectivity index (χ3v) is 3.54. The summed E-state index contributed by atoms with van der Waals surface area (Å²) in [7, 11) is 6.01. The van der Waals surface area contributed by atoms with E-state index in [-0.39, 0.29) is 0 Å². The molecule has 0 aliphatic carbocycles. The highest BCUT2D eigenvalue weighted by molar-refractivity contribution is 5.59. The van der Waals surface area contributed by atoms with Crippen molar-refractivity contribution in [1.82, 2.24) is 10.2 Å². The fourth-order valence-electron chi connectivity index (χ4n) is 2.70. The fraction of sp³-hybridized carbons (Fsp3) is 0.600. The maximum absolute atomic E-state index is 5.52. The van der Waals surface area contributed by atoms with Crippen molar-refractivity contribution in [2.24, 2.45) is 0 Å². The average Bonchev–Trinajstić information content (AvgIpc) is 2.63. The van der Waals surface area contributed by atoms with Gasteiger partial charge in [0.05, 0.1) is 18.8 Å². The third-order valence-electron chi connectivity index (χ3n) is 3.54. The summed E-state index contributed by atoms with van der Waals surface area (Å²) in [6, 6.07) is 8.80. The zero-order valence-corrected chi connectivity index (χ0v) is 12.2. The Kier molecular flexibility index (Phi) is 5.05. The number of hydrogen-bond acceptors (Lipinski definition) is 4. The molecule has 106 valence electrons. The fourth-order valence-corrected chi connectivity index (χ4v) is 2.70. The van der Waals surface area contributed by atoms with Gasteiger partial charge in [-0.15, -0.1) is 0 Å². The number of ether oxygens (including phenoxy) is 1. The average molecular weight is 263 g/mol. The van der Waals surface area contributed by atoms with Crippen LogP contribution in [0.1, 0.15) is 6.42 Å². The van der Waals surface area contributed by atoms with Gasteiger partial charge in [0.1, 0.15) is 5.75 Å². The molecule has 1 aromatic carbocycles. The van der Waals surface area contributed by atoms with Crippen LogP contribution in [-0.2, 0) is 0 Å². The second-order valence-corrected chi connectivity index (χ2v) is 5.34. The molecule has 0 radical (unpaired) electrons. The van der Waals surface area contributed by atoms with Gasteiger partial charge in [-0.1, -0.05) is 12.1 Å². The molecule has 4 heteroatoms. The molecule has 1 N–H and O–H groups in total. The number of benzene rings is 1. The molecule has 0 saturated carbocycles. The first-order valence-electron chi connectivity index (χ1n) is 6.97. The number of para-hydroxylation sites is 2. The van der Waals surface area contributed by atoms with Crippen molar-refractivity contribution in [2.75, 3.05) is 52.3 Å². The number of likely N-dealkylation sites (N-methyl/N-ethyl adjacent to an activating group) is 1. The molecular weight excluding hydrogens is 238 g/mol. The Balaban J connectivity index is 2.25. The lowest BCUT2D eigenvalue weighted by Crippen LogP contribution is -2.46. The van der Waals surface area contributed by atoms with Crippen LogP contribution >= 0.6 is 0 Å². The number of methoxy groups -OCH3 is 1. The van der Waals surface area contributed by atoms with Crippen molar-refractivity contribution >= 4 is 5.69 Å². The molecular formula is C15H25N3O. The summed E-state index contributed by atoms with van der Waals surface area (Å²) < 4.78 is 5.52. The van der Waals surface area contributed by atoms with Gasteiger partial charge in [0.25, 0.3) is 0 Å². The van der Waals surface area contributed by atoms with Gasteiger partial charge < -0.3 is 19.9 Å². The van der Waals surface area contributed by atoms with E-state index >= 15 is 0 Å². The molecule has 1 atom stereocenters. The summed E-state index contributed by atoms with van der Waals surface area (Å²) >= 11 is 0. The molecule has 0 bridgehead atoms. The molecule has 1 aliphatic rings. The van der Waals surface area contributed by atoms with Crippen LogP contribution in [0.5, 0.6) is 5.75 Å². The first-order chi connectivity index (χ1) is 9.22. The van der Waals surface area contributed by atoms with Crippen molar-refractivity contribution in [3.05, 3.63) is 24.3 Å². The quantitative estimate of drug-likeness (QED) is 0.889. The van der Waals surface area contributed by atoms with E-state index in [1.54, 1.807) is 7.11 Å². The lowest BCUT2D eigenvalue weighted by Gasteiger charge is -2.34. The van der Waals surface area contributed by atoms with Crippen molar-refractivity contribution in [3.63, 3.8) is 0 Å². The zero-order valence-electron chi connectivity index (χ0n) is 12.2. The van der Waals surface area contributed by atoms with Gasteiger partial charge in [-0.3, -0.25) is 0 Å². The highest BCUT2D eigenvalue weighted by Gasteiger charge is 2.23. The van der Waals surface area contributed by atoms with Gasteiger partial charge in [0.15, 0.2) is 0 Å². The van der Waals surface area contributed by atoms with Gasteiger partial charge >= 0.3 is 0 Å². The molecule has 1 saturated heterocycles. The lowest BCUT2D eigenvalue weighted by molar-refractivity contribution is 0.358. The Bertz CT molecular complexity index is 395. The van der Waals surface area contributed by atoms with Gasteiger partial charge in [-0.2, -0.15) is 0 Å². The van der Waals surface area contributed by atoms with E-state index in [1.165, 1.54) is 12.1 Å². The van der Waals surface area contributed by atoms with Crippen LogP contribution in [0.3, 0.4) is 0 Å². The molecule has 1 unspecified atom stereocenters. The number of anilines is 1. The SMILES string of the molecule is COc1ccccc1N1CCCNCC1CN(C)C. The number of nitrogens with zero attached hydrogens (tertiary/aromatic N) is 2. The summed E-state index contributed by atoms with van der Waals surface area (Å²) in [5.74, 6) is 0.966. The highest BCUT2D eigenvalue weighted by Crippen LogP contribution is 2.29. The standard InChI is InChI=1S/C15H25N3O/c1-17(2)12-13-11-16-9-6-10-18(13)14-7-4-5-8-15(14)19-3/h4-5,7-8,13,16H,6,9-12H2,1-3H3. The van der Waals surface area contributed by atoms with Crippen molar-refractivity contribution < 1.29 is 4.74 Å². The second-order valence-electron chi connectivity index (χ2n) is 5.34. The van der Waals surface area contributed by atoms with Gasteiger partial charge in [-0.05, 0) is 39.2 Å². The normalized spacial score (nSPS) is 20.4. The van der Waals surface area contributed by atoms with Crippen LogP contribution in [-0.4, -0.2) is 58.3 Å². The minimum Gasteiger partial charge on any atom is -0.495 e. The first kappa shape index (κ1) is 14.2. The minimum atomic E-state index is 0.480. The predicted octanol–water partition coefficient (Wildman–Crippen LogP) is 1.43. The summed E-state index contributed by atoms with van der Waals surface area (Å²) in [6.07, 6.45) is 1.17. The van der Waals surface area contributed by atoms with Crippen LogP contribution in [0.2, 0.25) is 0 Å². The van der Waals surface area contributed by atoms with Crippen molar-refractivity contribution in [1.29, 1.82) is 0 Å². The van der Waals surface area contributed by atoms with Crippen LogP contribution in [0.4, 0.5) is 5.69 Å². The van der Waals surface area contributed by atoms with Gasteiger partial charge in [0, 0.05) is 19.6 Å². The maximum atomic E-state index is 5.52. The van der Waals surface area contributed by atoms with Crippen LogP contribution in [0, 0.1) is 0 Å². The monoisotopic (exact) mass is 263 g/mol. The highest BCUT2D eigenvalue weighted by atomic mass is 16.5. The Morgan fingerprint density at radius 1 is 1.37 bits per heavy atom. The third kappa shape index (κ3) is 3.61. The van der Waals surface area contributed by atoms with Crippen LogP contribution in [0.25, 0.3) is 0 Å². The predicted molar refractivity (Wildman–Crippen MR) is 80.2 cm³/mol. The topological polar surface area (TPSA) is 27.7 Å². The number of nitrogens with one attached hydrogen (secondary N) is 1. The Hall–Kier alpha value is -1.26. The molecule has 4 nitrogen and oxygen atoms in total.